The lowest BCUT2D eigenvalue weighted by atomic mass is 10.2. The van der Waals surface area contributed by atoms with Crippen molar-refractivity contribution in [3.63, 3.8) is 0 Å². The highest BCUT2D eigenvalue weighted by Gasteiger charge is 2.12. The Morgan fingerprint density at radius 3 is 2.26 bits per heavy atom. The molecule has 1 amide bonds. The molecule has 0 unspecified atom stereocenters. The van der Waals surface area contributed by atoms with Crippen molar-refractivity contribution in [3.05, 3.63) is 24.3 Å². The maximum absolute atomic E-state index is 11.4. The number of methoxy groups -OCH3 is 1. The molecule has 0 aliphatic carbocycles. The lowest BCUT2D eigenvalue weighted by Crippen LogP contribution is -2.34. The zero-order chi connectivity index (χ0) is 14.3. The molecule has 1 aromatic rings. The van der Waals surface area contributed by atoms with Gasteiger partial charge in [0.15, 0.2) is 0 Å². The van der Waals surface area contributed by atoms with Gasteiger partial charge in [-0.25, -0.2) is 5.48 Å². The summed E-state index contributed by atoms with van der Waals surface area (Å²) in [6, 6.07) is 7.20. The van der Waals surface area contributed by atoms with Crippen molar-refractivity contribution in [1.82, 2.24) is 5.48 Å². The molecule has 0 saturated carbocycles. The van der Waals surface area contributed by atoms with Crippen LogP contribution in [-0.4, -0.2) is 25.2 Å². The first kappa shape index (κ1) is 15.3. The lowest BCUT2D eigenvalue weighted by molar-refractivity contribution is -0.146. The van der Waals surface area contributed by atoms with Gasteiger partial charge >= 0.3 is 0 Å². The van der Waals surface area contributed by atoms with E-state index in [0.29, 0.717) is 12.4 Å². The Kier molecular flexibility index (Phi) is 5.63. The van der Waals surface area contributed by atoms with Crippen molar-refractivity contribution in [2.75, 3.05) is 13.7 Å². The topological polar surface area (TPSA) is 56.8 Å². The molecule has 0 saturated heterocycles. The van der Waals surface area contributed by atoms with Gasteiger partial charge in [-0.1, -0.05) is 0 Å². The van der Waals surface area contributed by atoms with Gasteiger partial charge in [-0.15, -0.1) is 0 Å². The normalized spacial score (nSPS) is 10.9. The van der Waals surface area contributed by atoms with Crippen LogP contribution < -0.4 is 15.0 Å². The Morgan fingerprint density at radius 2 is 1.74 bits per heavy atom. The molecule has 19 heavy (non-hydrogen) atoms. The van der Waals surface area contributed by atoms with Crippen LogP contribution in [0.15, 0.2) is 24.3 Å². The lowest BCUT2D eigenvalue weighted by Gasteiger charge is -2.18. The number of nitrogens with one attached hydrogen (secondary N) is 1. The molecule has 1 aromatic carbocycles. The standard InChI is InChI=1S/C14H21NO4/c1-14(2,3)19-15-13(16)9-10-18-12-7-5-11(17-4)6-8-12/h5-8H,9-10H2,1-4H3,(H,15,16). The first-order chi connectivity index (χ1) is 8.90. The van der Waals surface area contributed by atoms with Gasteiger partial charge in [-0.2, -0.15) is 0 Å². The van der Waals surface area contributed by atoms with E-state index in [2.05, 4.69) is 5.48 Å². The molecule has 0 bridgehead atoms. The fourth-order valence-corrected chi connectivity index (χ4v) is 1.19. The molecule has 0 aliphatic rings. The number of carbonyl (C=O) groups excluding carboxylic acids is 1. The zero-order valence-corrected chi connectivity index (χ0v) is 11.9. The van der Waals surface area contributed by atoms with Crippen molar-refractivity contribution in [3.8, 4) is 11.5 Å². The van der Waals surface area contributed by atoms with E-state index in [4.69, 9.17) is 14.3 Å². The summed E-state index contributed by atoms with van der Waals surface area (Å²) in [6.45, 7) is 5.88. The van der Waals surface area contributed by atoms with Crippen LogP contribution in [0.2, 0.25) is 0 Å². The Balaban J connectivity index is 2.24. The number of amides is 1. The second-order valence-electron chi connectivity index (χ2n) is 5.01. The summed E-state index contributed by atoms with van der Waals surface area (Å²) >= 11 is 0. The number of hydroxylamine groups is 1. The Labute approximate surface area is 113 Å². The molecule has 0 aromatic heterocycles. The summed E-state index contributed by atoms with van der Waals surface area (Å²) in [5, 5.41) is 0. The molecule has 0 radical (unpaired) electrons. The van der Waals surface area contributed by atoms with Gasteiger partial charge in [0.1, 0.15) is 11.5 Å². The fraction of sp³-hybridized carbons (Fsp3) is 0.500. The largest absolute Gasteiger partial charge is 0.497 e. The minimum absolute atomic E-state index is 0.205. The Hall–Kier alpha value is -1.75. The number of hydrogen-bond acceptors (Lipinski definition) is 4. The van der Waals surface area contributed by atoms with Crippen LogP contribution in [-0.2, 0) is 9.63 Å². The maximum atomic E-state index is 11.4. The molecule has 0 atom stereocenters. The summed E-state index contributed by atoms with van der Waals surface area (Å²) in [4.78, 5) is 16.6. The third kappa shape index (κ3) is 6.67. The van der Waals surface area contributed by atoms with Crippen molar-refractivity contribution in [1.29, 1.82) is 0 Å². The van der Waals surface area contributed by atoms with Gasteiger partial charge in [0.2, 0.25) is 5.91 Å². The van der Waals surface area contributed by atoms with E-state index in [-0.39, 0.29) is 12.3 Å². The average molecular weight is 267 g/mol. The van der Waals surface area contributed by atoms with E-state index >= 15 is 0 Å². The van der Waals surface area contributed by atoms with Gasteiger partial charge in [-0.05, 0) is 45.0 Å². The van der Waals surface area contributed by atoms with Crippen LogP contribution in [0.25, 0.3) is 0 Å². The van der Waals surface area contributed by atoms with Gasteiger partial charge in [0.05, 0.1) is 25.7 Å². The van der Waals surface area contributed by atoms with E-state index < -0.39 is 5.60 Å². The molecular weight excluding hydrogens is 246 g/mol. The Bertz CT molecular complexity index is 395. The average Bonchev–Trinajstić information content (AvgIpc) is 2.36. The van der Waals surface area contributed by atoms with E-state index in [9.17, 15) is 4.79 Å². The van der Waals surface area contributed by atoms with E-state index in [1.165, 1.54) is 0 Å². The van der Waals surface area contributed by atoms with Gasteiger partial charge in [0, 0.05) is 0 Å². The number of ether oxygens (including phenoxy) is 2. The molecule has 0 spiro atoms. The summed E-state index contributed by atoms with van der Waals surface area (Å²) in [5.74, 6) is 1.26. The molecule has 1 N–H and O–H groups in total. The number of hydrogen-bond donors (Lipinski definition) is 1. The Morgan fingerprint density at radius 1 is 1.16 bits per heavy atom. The van der Waals surface area contributed by atoms with Crippen molar-refractivity contribution in [2.45, 2.75) is 32.8 Å². The maximum Gasteiger partial charge on any atom is 0.246 e. The minimum atomic E-state index is -0.396. The van der Waals surface area contributed by atoms with Gasteiger partial charge < -0.3 is 9.47 Å². The summed E-state index contributed by atoms with van der Waals surface area (Å²) < 4.78 is 10.5. The summed E-state index contributed by atoms with van der Waals surface area (Å²) in [5.41, 5.74) is 1.99. The van der Waals surface area contributed by atoms with E-state index in [1.54, 1.807) is 31.4 Å². The third-order valence-corrected chi connectivity index (χ3v) is 2.13. The van der Waals surface area contributed by atoms with Crippen molar-refractivity contribution in [2.24, 2.45) is 0 Å². The zero-order valence-electron chi connectivity index (χ0n) is 11.9. The van der Waals surface area contributed by atoms with E-state index in [0.717, 1.165) is 5.75 Å². The predicted octanol–water partition coefficient (Wildman–Crippen LogP) is 2.31. The minimum Gasteiger partial charge on any atom is -0.497 e. The SMILES string of the molecule is COc1ccc(OCCC(=O)NOC(C)(C)C)cc1. The van der Waals surface area contributed by atoms with Crippen molar-refractivity contribution >= 4 is 5.91 Å². The van der Waals surface area contributed by atoms with Crippen LogP contribution in [0.1, 0.15) is 27.2 Å². The molecule has 1 rings (SSSR count). The van der Waals surface area contributed by atoms with Gasteiger partial charge in [0.25, 0.3) is 0 Å². The smallest absolute Gasteiger partial charge is 0.246 e. The third-order valence-electron chi connectivity index (χ3n) is 2.13. The molecule has 5 heteroatoms. The number of carbonyl (C=O) groups is 1. The highest BCUT2D eigenvalue weighted by atomic mass is 16.7. The predicted molar refractivity (Wildman–Crippen MR) is 72.1 cm³/mol. The van der Waals surface area contributed by atoms with Crippen molar-refractivity contribution < 1.29 is 19.1 Å². The second-order valence-corrected chi connectivity index (χ2v) is 5.01. The quantitative estimate of drug-likeness (QED) is 0.804. The second kappa shape index (κ2) is 6.99. The fourth-order valence-electron chi connectivity index (χ4n) is 1.19. The monoisotopic (exact) mass is 267 g/mol. The molecular formula is C14H21NO4. The highest BCUT2D eigenvalue weighted by Crippen LogP contribution is 2.16. The van der Waals surface area contributed by atoms with Gasteiger partial charge in [-0.3, -0.25) is 9.63 Å². The van der Waals surface area contributed by atoms with Crippen LogP contribution in [0.4, 0.5) is 0 Å². The number of benzene rings is 1. The first-order valence-corrected chi connectivity index (χ1v) is 6.14. The van der Waals surface area contributed by atoms with Crippen LogP contribution in [0.5, 0.6) is 11.5 Å². The van der Waals surface area contributed by atoms with Crippen LogP contribution >= 0.6 is 0 Å². The molecule has 5 nitrogen and oxygen atoms in total. The number of rotatable bonds is 6. The molecule has 0 fully saturated rings. The first-order valence-electron chi connectivity index (χ1n) is 6.14. The van der Waals surface area contributed by atoms with Crippen LogP contribution in [0.3, 0.4) is 0 Å². The summed E-state index contributed by atoms with van der Waals surface area (Å²) in [6.07, 6.45) is 0.238. The van der Waals surface area contributed by atoms with Crippen LogP contribution in [0, 0.1) is 0 Å². The molecule has 0 heterocycles. The summed E-state index contributed by atoms with van der Waals surface area (Å²) in [7, 11) is 1.61. The highest BCUT2D eigenvalue weighted by molar-refractivity contribution is 5.74. The van der Waals surface area contributed by atoms with E-state index in [1.807, 2.05) is 20.8 Å². The molecule has 0 aliphatic heterocycles. The molecule has 106 valence electrons.